The van der Waals surface area contributed by atoms with Crippen LogP contribution in [0.4, 0.5) is 0 Å². The Morgan fingerprint density at radius 3 is 1.46 bits per heavy atom. The molecule has 0 aromatic heterocycles. The molecule has 7 nitrogen and oxygen atoms in total. The van der Waals surface area contributed by atoms with Crippen LogP contribution >= 0.6 is 0 Å². The molecule has 0 aliphatic carbocycles. The molecule has 0 amide bonds. The van der Waals surface area contributed by atoms with Gasteiger partial charge in [-0.3, -0.25) is 0 Å². The summed E-state index contributed by atoms with van der Waals surface area (Å²) in [7, 11) is 75.7. The molecule has 0 spiro atoms. The second kappa shape index (κ2) is 17.6. The minimum atomic E-state index is -1.18. The van der Waals surface area contributed by atoms with Crippen molar-refractivity contribution in [1.29, 1.82) is 0 Å². The lowest BCUT2D eigenvalue weighted by Gasteiger charge is -2.52. The third-order valence-corrected chi connectivity index (χ3v) is 9.73. The maximum Gasteiger partial charge on any atom is 0.184 e. The van der Waals surface area contributed by atoms with E-state index in [4.69, 9.17) is 127 Å². The van der Waals surface area contributed by atoms with Gasteiger partial charge >= 0.3 is 0 Å². The minimum absolute atomic E-state index is 0. The molecule has 8 unspecified atom stereocenters. The second-order valence-electron chi connectivity index (χ2n) is 12.7. The van der Waals surface area contributed by atoms with Crippen LogP contribution in [0.15, 0.2) is 0 Å². The molecule has 0 aromatic carbocycles. The van der Waals surface area contributed by atoms with E-state index in [0.29, 0.717) is 6.42 Å². The van der Waals surface area contributed by atoms with E-state index in [-0.39, 0.29) is 32.8 Å². The maximum absolute atomic E-state index is 6.63. The predicted molar refractivity (Wildman–Crippen MR) is 189 cm³/mol. The summed E-state index contributed by atoms with van der Waals surface area (Å²) in [5.74, 6) is -6.51. The Morgan fingerprint density at radius 2 is 0.913 bits per heavy atom. The smallest absolute Gasteiger partial charge is 0.184 e. The first-order valence-electron chi connectivity index (χ1n) is 15.8. The van der Waals surface area contributed by atoms with Crippen LogP contribution in [-0.2, 0) is 33.2 Å². The van der Waals surface area contributed by atoms with Crippen LogP contribution in [0.1, 0.15) is 27.7 Å². The van der Waals surface area contributed by atoms with Gasteiger partial charge in [0.05, 0.1) is 113 Å². The summed E-state index contributed by atoms with van der Waals surface area (Å²) in [5.41, 5.74) is 0. The summed E-state index contributed by atoms with van der Waals surface area (Å²) in [6.45, 7) is 3.72. The minimum Gasteiger partial charge on any atom is -0.374 e. The van der Waals surface area contributed by atoms with Gasteiger partial charge in [-0.1, -0.05) is 67.7 Å². The summed E-state index contributed by atoms with van der Waals surface area (Å²) in [4.78, 5) is 0. The lowest BCUT2D eigenvalue weighted by atomic mass is 9.52. The van der Waals surface area contributed by atoms with E-state index in [2.05, 4.69) is 0 Å². The molecule has 20 atom stereocenters. The largest absolute Gasteiger partial charge is 0.374 e. The Morgan fingerprint density at radius 1 is 0.478 bits per heavy atom. The Balaban J connectivity index is 0.00000576. The molecule has 4 fully saturated rings. The summed E-state index contributed by atoms with van der Waals surface area (Å²) in [6, 6.07) is 0. The molecule has 0 bridgehead atoms. The van der Waals surface area contributed by atoms with Crippen LogP contribution in [0.3, 0.4) is 0 Å². The maximum atomic E-state index is 6.63. The van der Waals surface area contributed by atoms with Gasteiger partial charge in [0.15, 0.2) is 18.9 Å². The van der Waals surface area contributed by atoms with E-state index in [0.717, 1.165) is 0 Å². The highest BCUT2D eigenvalue weighted by molar-refractivity contribution is 6.28. The van der Waals surface area contributed by atoms with Crippen LogP contribution in [-0.4, -0.2) is 162 Å². The Bertz CT molecular complexity index is 934. The van der Waals surface area contributed by atoms with Crippen molar-refractivity contribution in [2.45, 2.75) is 160 Å². The molecular formula is C27H38B12O7. The zero-order chi connectivity index (χ0) is 33.3. The number of hydrogen-bond acceptors (Lipinski definition) is 7. The van der Waals surface area contributed by atoms with Gasteiger partial charge in [0, 0.05) is 18.3 Å². The Hall–Kier alpha value is 0.499. The highest BCUT2D eigenvalue weighted by atomic mass is 16.8. The zero-order valence-electron chi connectivity index (χ0n) is 26.2. The first kappa shape index (κ1) is 40.9. The van der Waals surface area contributed by atoms with Gasteiger partial charge in [-0.15, -0.1) is 0 Å². The second-order valence-corrected chi connectivity index (χ2v) is 12.7. The van der Waals surface area contributed by atoms with Crippen molar-refractivity contribution in [3.8, 4) is 0 Å². The summed E-state index contributed by atoms with van der Waals surface area (Å²) < 4.78 is 43.5. The molecule has 24 radical (unpaired) electrons. The first-order valence-corrected chi connectivity index (χ1v) is 15.8. The van der Waals surface area contributed by atoms with Crippen molar-refractivity contribution in [3.63, 3.8) is 0 Å². The molecule has 46 heavy (non-hydrogen) atoms. The van der Waals surface area contributed by atoms with Crippen molar-refractivity contribution in [2.24, 2.45) is 0 Å². The van der Waals surface area contributed by atoms with E-state index in [1.165, 1.54) is 0 Å². The Kier molecular flexibility index (Phi) is 15.7. The first-order chi connectivity index (χ1) is 21.2. The molecule has 4 saturated heterocycles. The summed E-state index contributed by atoms with van der Waals surface area (Å²) in [6.07, 6.45) is -7.23. The summed E-state index contributed by atoms with van der Waals surface area (Å²) in [5, 5.41) is 0. The number of hydrogen-bond donors (Lipinski definition) is 0. The van der Waals surface area contributed by atoms with E-state index in [1.54, 1.807) is 0 Å². The van der Waals surface area contributed by atoms with E-state index < -0.39 is 114 Å². The fraction of sp³-hybridized carbons (Fsp3) is 1.00. The van der Waals surface area contributed by atoms with Crippen LogP contribution in [0.5, 0.6) is 0 Å². The number of ether oxygens (including phenoxy) is 7. The van der Waals surface area contributed by atoms with Gasteiger partial charge in [-0.05, 0) is 30.8 Å². The molecule has 0 N–H and O–H groups in total. The summed E-state index contributed by atoms with van der Waals surface area (Å²) >= 11 is 0. The van der Waals surface area contributed by atoms with Crippen LogP contribution < -0.4 is 0 Å². The molecule has 4 heterocycles. The van der Waals surface area contributed by atoms with Crippen molar-refractivity contribution in [1.82, 2.24) is 0 Å². The van der Waals surface area contributed by atoms with Crippen molar-refractivity contribution >= 4 is 94.2 Å². The monoisotopic (exact) mass is 606 g/mol. The third kappa shape index (κ3) is 8.51. The lowest BCUT2D eigenvalue weighted by molar-refractivity contribution is -0.335. The molecule has 4 aliphatic rings. The molecular weight excluding hydrogens is 566 g/mol. The van der Waals surface area contributed by atoms with Gasteiger partial charge in [-0.2, -0.15) is 0 Å². The molecule has 224 valence electrons. The van der Waals surface area contributed by atoms with E-state index in [9.17, 15) is 0 Å². The standard InChI is InChI=1S/C26H34B12O7.CH4/c1-3-8-13(30)18(35)21(38)24(41-8)44-23-20(37)15(32)10(5-28)43-26(23)45-22-19(36)14(31)9(4-27)42-25(22)39-6-11-16(33)17(34)12(29)7(2)40-11;/h7-26H,3-6H2,1-2H3;1H4/t7-,8?,9?,10?,11?,12+,13-,14-,15-,16-,17?,18?,19?,20?,21-,22-,23-,24-,25+,26-;/m1./s1. The van der Waals surface area contributed by atoms with Gasteiger partial charge in [0.2, 0.25) is 0 Å². The average molecular weight is 604 g/mol. The third-order valence-electron chi connectivity index (χ3n) is 9.73. The normalized spacial score (nSPS) is 51.5. The fourth-order valence-corrected chi connectivity index (χ4v) is 6.41. The topological polar surface area (TPSA) is 64.6 Å². The zero-order valence-corrected chi connectivity index (χ0v) is 26.2. The number of rotatable bonds is 10. The SMILES string of the molecule is C.[B]CC1O[C@H](O[C@@H]2C([B])[C@H]([B])C(C[B])O[C@@H]2OCC2O[C@H](C)[C@H]([B])C([B])[C@@H]2[B])[C@H](O[C@H]2OC(CC)[C@@H]([B])C([B])[C@H]2[B])C([B])[C@@H]1[B]. The van der Waals surface area contributed by atoms with Gasteiger partial charge < -0.3 is 33.2 Å². The van der Waals surface area contributed by atoms with Gasteiger partial charge in [-0.25, -0.2) is 0 Å². The highest BCUT2D eigenvalue weighted by Gasteiger charge is 2.50. The molecule has 0 saturated carbocycles. The predicted octanol–water partition coefficient (Wildman–Crippen LogP) is 0.525. The molecule has 4 aliphatic heterocycles. The van der Waals surface area contributed by atoms with Gasteiger partial charge in [0.1, 0.15) is 12.2 Å². The average Bonchev–Trinajstić information content (AvgIpc) is 3.03. The van der Waals surface area contributed by atoms with Crippen LogP contribution in [0.2, 0.25) is 70.8 Å². The fourth-order valence-electron chi connectivity index (χ4n) is 6.41. The van der Waals surface area contributed by atoms with E-state index >= 15 is 0 Å². The van der Waals surface area contributed by atoms with Crippen molar-refractivity contribution in [2.75, 3.05) is 6.61 Å². The van der Waals surface area contributed by atoms with Crippen molar-refractivity contribution < 1.29 is 33.2 Å². The van der Waals surface area contributed by atoms with E-state index in [1.807, 2.05) is 13.8 Å². The highest BCUT2D eigenvalue weighted by Crippen LogP contribution is 2.48. The lowest BCUT2D eigenvalue weighted by Crippen LogP contribution is -2.56. The quantitative estimate of drug-likeness (QED) is 0.338. The van der Waals surface area contributed by atoms with Crippen molar-refractivity contribution in [3.05, 3.63) is 0 Å². The van der Waals surface area contributed by atoms with Crippen LogP contribution in [0, 0.1) is 0 Å². The Labute approximate surface area is 293 Å². The molecule has 0 aromatic rings. The molecule has 4 rings (SSSR count). The van der Waals surface area contributed by atoms with Gasteiger partial charge in [0.25, 0.3) is 0 Å². The molecule has 19 heteroatoms. The van der Waals surface area contributed by atoms with Crippen LogP contribution in [0.25, 0.3) is 0 Å².